The van der Waals surface area contributed by atoms with Crippen LogP contribution in [0.2, 0.25) is 0 Å². The number of hydrogen-bond acceptors (Lipinski definition) is 3. The molecule has 0 radical (unpaired) electrons. The molecule has 0 fully saturated rings. The Morgan fingerprint density at radius 2 is 2.12 bits per heavy atom. The Morgan fingerprint density at radius 1 is 1.41 bits per heavy atom. The summed E-state index contributed by atoms with van der Waals surface area (Å²) in [4.78, 5) is -0.254. The van der Waals surface area contributed by atoms with Crippen LogP contribution in [0.1, 0.15) is 0 Å². The molecule has 0 unspecified atom stereocenters. The maximum absolute atomic E-state index is 13.6. The second-order valence-corrected chi connectivity index (χ2v) is 6.62. The van der Waals surface area contributed by atoms with E-state index < -0.39 is 14.9 Å². The van der Waals surface area contributed by atoms with E-state index in [1.807, 2.05) is 0 Å². The fourth-order valence-electron chi connectivity index (χ4n) is 1.34. The van der Waals surface area contributed by atoms with Crippen molar-refractivity contribution in [3.8, 4) is 11.3 Å². The number of rotatable bonds is 2. The quantitative estimate of drug-likeness (QED) is 0.856. The van der Waals surface area contributed by atoms with E-state index in [0.29, 0.717) is 4.47 Å². The SMILES string of the molecule is O=S(=O)(Cl)c1cn[nH]c1-c1cc(Br)ccc1F. The molecule has 2 aromatic rings. The van der Waals surface area contributed by atoms with E-state index in [0.717, 1.165) is 6.20 Å². The summed E-state index contributed by atoms with van der Waals surface area (Å²) in [5, 5.41) is 5.99. The smallest absolute Gasteiger partial charge is 0.265 e. The van der Waals surface area contributed by atoms with E-state index in [4.69, 9.17) is 10.7 Å². The minimum atomic E-state index is -3.97. The average Bonchev–Trinajstić information content (AvgIpc) is 2.69. The van der Waals surface area contributed by atoms with Gasteiger partial charge in [0.2, 0.25) is 0 Å². The van der Waals surface area contributed by atoms with Crippen molar-refractivity contribution in [3.05, 3.63) is 34.7 Å². The number of nitrogens with one attached hydrogen (secondary N) is 1. The Balaban J connectivity index is 2.70. The molecule has 0 atom stereocenters. The van der Waals surface area contributed by atoms with Crippen LogP contribution < -0.4 is 0 Å². The number of nitrogens with zero attached hydrogens (tertiary/aromatic N) is 1. The number of benzene rings is 1. The van der Waals surface area contributed by atoms with Crippen molar-refractivity contribution >= 4 is 35.7 Å². The highest BCUT2D eigenvalue weighted by molar-refractivity contribution is 9.10. The minimum absolute atomic E-state index is 0.0267. The van der Waals surface area contributed by atoms with Crippen LogP contribution >= 0.6 is 26.6 Å². The highest BCUT2D eigenvalue weighted by Crippen LogP contribution is 2.30. The van der Waals surface area contributed by atoms with Crippen LogP contribution in [0.3, 0.4) is 0 Å². The van der Waals surface area contributed by atoms with Gasteiger partial charge in [0.05, 0.1) is 11.9 Å². The van der Waals surface area contributed by atoms with Gasteiger partial charge in [-0.1, -0.05) is 15.9 Å². The first-order chi connectivity index (χ1) is 7.89. The second-order valence-electron chi connectivity index (χ2n) is 3.17. The molecule has 0 aliphatic rings. The van der Waals surface area contributed by atoms with Gasteiger partial charge in [0.1, 0.15) is 10.7 Å². The number of H-pyrrole nitrogens is 1. The van der Waals surface area contributed by atoms with Crippen LogP contribution in [0.15, 0.2) is 33.8 Å². The van der Waals surface area contributed by atoms with E-state index in [-0.39, 0.29) is 16.2 Å². The Hall–Kier alpha value is -0.920. The van der Waals surface area contributed by atoms with Gasteiger partial charge in [-0.25, -0.2) is 12.8 Å². The van der Waals surface area contributed by atoms with Gasteiger partial charge in [-0.2, -0.15) is 5.10 Å². The van der Waals surface area contributed by atoms with Gasteiger partial charge < -0.3 is 0 Å². The highest BCUT2D eigenvalue weighted by Gasteiger charge is 2.21. The summed E-state index contributed by atoms with van der Waals surface area (Å²) in [5.74, 6) is -0.570. The van der Waals surface area contributed by atoms with Crippen molar-refractivity contribution in [1.29, 1.82) is 0 Å². The molecular weight excluding hydrogens is 335 g/mol. The van der Waals surface area contributed by atoms with Crippen LogP contribution in [0, 0.1) is 5.82 Å². The third kappa shape index (κ3) is 2.51. The predicted molar refractivity (Wildman–Crippen MR) is 64.7 cm³/mol. The lowest BCUT2D eigenvalue weighted by Gasteiger charge is -2.03. The average molecular weight is 340 g/mol. The molecule has 1 heterocycles. The van der Waals surface area contributed by atoms with Crippen LogP contribution in [0.25, 0.3) is 11.3 Å². The van der Waals surface area contributed by atoms with E-state index in [9.17, 15) is 12.8 Å². The fraction of sp³-hybridized carbons (Fsp3) is 0. The molecule has 0 bridgehead atoms. The van der Waals surface area contributed by atoms with Crippen molar-refractivity contribution in [1.82, 2.24) is 10.2 Å². The molecule has 0 aliphatic heterocycles. The molecule has 1 aromatic carbocycles. The summed E-state index contributed by atoms with van der Waals surface area (Å²) < 4.78 is 36.7. The topological polar surface area (TPSA) is 62.8 Å². The van der Waals surface area contributed by atoms with Crippen LogP contribution in [-0.2, 0) is 9.05 Å². The van der Waals surface area contributed by atoms with Crippen molar-refractivity contribution in [3.63, 3.8) is 0 Å². The minimum Gasteiger partial charge on any atom is -0.276 e. The van der Waals surface area contributed by atoms with Crippen molar-refractivity contribution in [2.24, 2.45) is 0 Å². The molecular formula is C9H5BrClFN2O2S. The first kappa shape index (κ1) is 12.5. The normalized spacial score (nSPS) is 11.7. The van der Waals surface area contributed by atoms with Gasteiger partial charge >= 0.3 is 0 Å². The number of halogens is 3. The lowest BCUT2D eigenvalue weighted by molar-refractivity contribution is 0.609. The summed E-state index contributed by atoms with van der Waals surface area (Å²) in [7, 11) is 1.25. The molecule has 0 spiro atoms. The lowest BCUT2D eigenvalue weighted by Crippen LogP contribution is -1.94. The number of hydrogen-bond donors (Lipinski definition) is 1. The Morgan fingerprint density at radius 3 is 2.76 bits per heavy atom. The standard InChI is InChI=1S/C9H5BrClFN2O2S/c10-5-1-2-7(12)6(3-5)9-8(4-13-14-9)17(11,15)16/h1-4H,(H,13,14). The predicted octanol–water partition coefficient (Wildman–Crippen LogP) is 2.91. The van der Waals surface area contributed by atoms with E-state index in [1.54, 1.807) is 0 Å². The Labute approximate surface area is 109 Å². The molecule has 1 aromatic heterocycles. The molecule has 1 N–H and O–H groups in total. The summed E-state index contributed by atoms with van der Waals surface area (Å²) in [6, 6.07) is 4.16. The number of aromatic nitrogens is 2. The second kappa shape index (κ2) is 4.40. The van der Waals surface area contributed by atoms with Crippen molar-refractivity contribution in [2.45, 2.75) is 4.90 Å². The molecule has 90 valence electrons. The van der Waals surface area contributed by atoms with Crippen LogP contribution in [-0.4, -0.2) is 18.6 Å². The molecule has 0 saturated carbocycles. The van der Waals surface area contributed by atoms with Gasteiger partial charge in [-0.15, -0.1) is 0 Å². The fourth-order valence-corrected chi connectivity index (χ4v) is 2.63. The largest absolute Gasteiger partial charge is 0.276 e. The van der Waals surface area contributed by atoms with E-state index in [1.165, 1.54) is 18.2 Å². The first-order valence-electron chi connectivity index (χ1n) is 4.33. The third-order valence-corrected chi connectivity index (χ3v) is 3.89. The van der Waals surface area contributed by atoms with Crippen LogP contribution in [0.5, 0.6) is 0 Å². The molecule has 2 rings (SSSR count). The first-order valence-corrected chi connectivity index (χ1v) is 7.43. The monoisotopic (exact) mass is 338 g/mol. The van der Waals surface area contributed by atoms with Gasteiger partial charge in [-0.3, -0.25) is 5.10 Å². The summed E-state index contributed by atoms with van der Waals surface area (Å²) >= 11 is 3.17. The molecule has 17 heavy (non-hydrogen) atoms. The van der Waals surface area contributed by atoms with Crippen LogP contribution in [0.4, 0.5) is 4.39 Å². The lowest BCUT2D eigenvalue weighted by atomic mass is 10.1. The maximum atomic E-state index is 13.6. The zero-order chi connectivity index (χ0) is 12.6. The third-order valence-electron chi connectivity index (χ3n) is 2.06. The van der Waals surface area contributed by atoms with E-state index >= 15 is 0 Å². The van der Waals surface area contributed by atoms with Crippen molar-refractivity contribution in [2.75, 3.05) is 0 Å². The summed E-state index contributed by atoms with van der Waals surface area (Å²) in [6.45, 7) is 0. The van der Waals surface area contributed by atoms with Gasteiger partial charge in [0, 0.05) is 20.7 Å². The molecule has 0 amide bonds. The van der Waals surface area contributed by atoms with Gasteiger partial charge in [0.15, 0.2) is 0 Å². The zero-order valence-electron chi connectivity index (χ0n) is 8.12. The zero-order valence-corrected chi connectivity index (χ0v) is 11.3. The maximum Gasteiger partial charge on any atom is 0.265 e. The Bertz CT molecular complexity index is 671. The van der Waals surface area contributed by atoms with E-state index in [2.05, 4.69) is 26.1 Å². The molecule has 0 aliphatic carbocycles. The molecule has 4 nitrogen and oxygen atoms in total. The summed E-state index contributed by atoms with van der Waals surface area (Å²) in [5.41, 5.74) is 0.106. The van der Waals surface area contributed by atoms with Gasteiger partial charge in [-0.05, 0) is 18.2 Å². The highest BCUT2D eigenvalue weighted by atomic mass is 79.9. The van der Waals surface area contributed by atoms with Gasteiger partial charge in [0.25, 0.3) is 9.05 Å². The van der Waals surface area contributed by atoms with Crippen molar-refractivity contribution < 1.29 is 12.8 Å². The number of aromatic amines is 1. The molecule has 8 heteroatoms. The molecule has 0 saturated heterocycles. The Kier molecular flexibility index (Phi) is 3.24. The summed E-state index contributed by atoms with van der Waals surface area (Å²) in [6.07, 6.45) is 1.04.